The second kappa shape index (κ2) is 13.7. The Morgan fingerprint density at radius 1 is 0.821 bits per heavy atom. The Kier molecular flexibility index (Phi) is 11.3. The molecule has 0 saturated carbocycles. The van der Waals surface area contributed by atoms with Gasteiger partial charge in [-0.2, -0.15) is 0 Å². The SMILES string of the molecule is CN(C)c1ccc([S+](c2ccc(N(C)C)cc2)c2cccc(OCC(=O)OC(C)(C)C)c2)cc1.CS(=O)(=O)[O-]. The molecule has 0 aliphatic rings. The smallest absolute Gasteiger partial charge is 0.344 e. The Balaban J connectivity index is 0.000000976. The maximum atomic E-state index is 12.1. The maximum absolute atomic E-state index is 12.1. The molecule has 10 heteroatoms. The van der Waals surface area contributed by atoms with Crippen molar-refractivity contribution >= 4 is 38.4 Å². The van der Waals surface area contributed by atoms with E-state index in [0.717, 1.165) is 16.3 Å². The number of rotatable bonds is 8. The van der Waals surface area contributed by atoms with Crippen molar-refractivity contribution in [2.24, 2.45) is 0 Å². The molecule has 0 atom stereocenters. The molecule has 3 aromatic carbocycles. The fraction of sp³-hybridized carbons (Fsp3) is 0.345. The van der Waals surface area contributed by atoms with E-state index in [0.29, 0.717) is 12.0 Å². The van der Waals surface area contributed by atoms with Gasteiger partial charge in [0.2, 0.25) is 0 Å². The van der Waals surface area contributed by atoms with Gasteiger partial charge < -0.3 is 23.8 Å². The van der Waals surface area contributed by atoms with Gasteiger partial charge in [-0.25, -0.2) is 13.2 Å². The average Bonchev–Trinajstić information content (AvgIpc) is 2.82. The summed E-state index contributed by atoms with van der Waals surface area (Å²) >= 11 is 0. The highest BCUT2D eigenvalue weighted by Gasteiger charge is 2.29. The van der Waals surface area contributed by atoms with E-state index in [9.17, 15) is 4.79 Å². The summed E-state index contributed by atoms with van der Waals surface area (Å²) in [5.41, 5.74) is 1.78. The van der Waals surface area contributed by atoms with Crippen LogP contribution >= 0.6 is 0 Å². The van der Waals surface area contributed by atoms with Gasteiger partial charge in [0.05, 0.1) is 21.0 Å². The molecular formula is C29H38N2O6S2. The first-order valence-corrected chi connectivity index (χ1v) is 15.2. The van der Waals surface area contributed by atoms with E-state index in [1.54, 1.807) is 0 Å². The van der Waals surface area contributed by atoms with Gasteiger partial charge in [-0.1, -0.05) is 6.07 Å². The van der Waals surface area contributed by atoms with Crippen LogP contribution in [0.1, 0.15) is 20.8 Å². The molecule has 3 aromatic rings. The minimum absolute atomic E-state index is 0.121. The Morgan fingerprint density at radius 3 is 1.64 bits per heavy atom. The summed E-state index contributed by atoms with van der Waals surface area (Å²) in [5, 5.41) is 0. The number of benzene rings is 3. The molecule has 0 radical (unpaired) electrons. The van der Waals surface area contributed by atoms with Crippen LogP contribution in [0.25, 0.3) is 0 Å². The molecule has 0 aliphatic carbocycles. The zero-order chi connectivity index (χ0) is 29.4. The van der Waals surface area contributed by atoms with Crippen LogP contribution in [-0.2, 0) is 30.5 Å². The van der Waals surface area contributed by atoms with E-state index < -0.39 is 15.7 Å². The molecule has 3 rings (SSSR count). The molecule has 0 saturated heterocycles. The van der Waals surface area contributed by atoms with Gasteiger partial charge in [0.1, 0.15) is 11.4 Å². The average molecular weight is 575 g/mol. The van der Waals surface area contributed by atoms with E-state index in [-0.39, 0.29) is 23.5 Å². The number of anilines is 2. The summed E-state index contributed by atoms with van der Waals surface area (Å²) in [4.78, 5) is 19.9. The lowest BCUT2D eigenvalue weighted by molar-refractivity contribution is -0.157. The summed E-state index contributed by atoms with van der Waals surface area (Å²) in [6, 6.07) is 25.3. The molecule has 0 N–H and O–H groups in total. The van der Waals surface area contributed by atoms with Gasteiger partial charge >= 0.3 is 5.97 Å². The normalized spacial score (nSPS) is 11.3. The van der Waals surface area contributed by atoms with Crippen molar-refractivity contribution in [3.05, 3.63) is 72.8 Å². The molecule has 0 amide bonds. The molecule has 0 spiro atoms. The topological polar surface area (TPSA) is 99.2 Å². The van der Waals surface area contributed by atoms with Crippen LogP contribution in [-0.4, -0.2) is 65.6 Å². The van der Waals surface area contributed by atoms with E-state index in [1.165, 1.54) is 9.79 Å². The lowest BCUT2D eigenvalue weighted by Crippen LogP contribution is -2.27. The third-order valence-electron chi connectivity index (χ3n) is 5.00. The van der Waals surface area contributed by atoms with Crippen molar-refractivity contribution in [2.45, 2.75) is 41.1 Å². The maximum Gasteiger partial charge on any atom is 0.344 e. The van der Waals surface area contributed by atoms with Crippen LogP contribution in [0.4, 0.5) is 11.4 Å². The zero-order valence-corrected chi connectivity index (χ0v) is 25.4. The molecule has 0 fully saturated rings. The molecule has 8 nitrogen and oxygen atoms in total. The van der Waals surface area contributed by atoms with Crippen molar-refractivity contribution in [1.82, 2.24) is 0 Å². The van der Waals surface area contributed by atoms with Gasteiger partial charge in [0.15, 0.2) is 21.3 Å². The van der Waals surface area contributed by atoms with Crippen LogP contribution in [0, 0.1) is 0 Å². The summed E-state index contributed by atoms with van der Waals surface area (Å²) in [6.45, 7) is 5.42. The predicted molar refractivity (Wildman–Crippen MR) is 157 cm³/mol. The molecule has 212 valence electrons. The Labute approximate surface area is 235 Å². The summed E-state index contributed by atoms with van der Waals surface area (Å²) in [5.74, 6) is 0.270. The van der Waals surface area contributed by atoms with E-state index in [4.69, 9.17) is 22.4 Å². The van der Waals surface area contributed by atoms with Crippen molar-refractivity contribution in [3.8, 4) is 5.75 Å². The second-order valence-corrected chi connectivity index (χ2v) is 13.6. The Morgan fingerprint density at radius 2 is 1.26 bits per heavy atom. The number of carbonyl (C=O) groups excluding carboxylic acids is 1. The summed E-state index contributed by atoms with van der Waals surface area (Å²) in [6.07, 6.45) is 0.604. The monoisotopic (exact) mass is 574 g/mol. The molecule has 0 bridgehead atoms. The highest BCUT2D eigenvalue weighted by molar-refractivity contribution is 7.97. The molecule has 0 heterocycles. The molecule has 0 aromatic heterocycles. The van der Waals surface area contributed by atoms with Gasteiger partial charge in [0.25, 0.3) is 0 Å². The van der Waals surface area contributed by atoms with Crippen molar-refractivity contribution in [2.75, 3.05) is 50.9 Å². The van der Waals surface area contributed by atoms with Gasteiger partial charge in [-0.05, 0) is 81.4 Å². The lowest BCUT2D eigenvalue weighted by atomic mass is 10.2. The molecule has 39 heavy (non-hydrogen) atoms. The van der Waals surface area contributed by atoms with Crippen molar-refractivity contribution < 1.29 is 27.2 Å². The largest absolute Gasteiger partial charge is 0.748 e. The van der Waals surface area contributed by atoms with Gasteiger partial charge in [-0.15, -0.1) is 0 Å². The summed E-state index contributed by atoms with van der Waals surface area (Å²) in [7, 11) is 3.92. The number of carbonyl (C=O) groups is 1. The van der Waals surface area contributed by atoms with Crippen molar-refractivity contribution in [3.63, 3.8) is 0 Å². The standard InChI is InChI=1S/C28H35N2O3S.CH4O3S/c1-28(2,3)33-27(31)20-32-23-9-8-10-26(19-23)34(24-15-11-21(12-16-24)29(4)5)25-17-13-22(14-18-25)30(6)7;1-5(2,3)4/h8-19H,20H2,1-7H3;1H3,(H,2,3,4)/q+1;/p-1. The van der Waals surface area contributed by atoms with E-state index in [1.807, 2.05) is 67.2 Å². The Bertz CT molecular complexity index is 1260. The van der Waals surface area contributed by atoms with Crippen LogP contribution in [0.5, 0.6) is 5.75 Å². The first-order chi connectivity index (χ1) is 18.0. The van der Waals surface area contributed by atoms with E-state index in [2.05, 4.69) is 64.4 Å². The van der Waals surface area contributed by atoms with Gasteiger partial charge in [-0.3, -0.25) is 0 Å². The van der Waals surface area contributed by atoms with Gasteiger partial charge in [0, 0.05) is 51.9 Å². The number of hydrogen-bond acceptors (Lipinski definition) is 8. The van der Waals surface area contributed by atoms with Crippen LogP contribution in [0.2, 0.25) is 0 Å². The number of nitrogens with zero attached hydrogens (tertiary/aromatic N) is 2. The Hall–Kier alpha value is -3.21. The lowest BCUT2D eigenvalue weighted by Gasteiger charge is -2.19. The minimum Gasteiger partial charge on any atom is -0.748 e. The first kappa shape index (κ1) is 32.0. The third-order valence-corrected chi connectivity index (χ3v) is 7.21. The number of hydrogen-bond donors (Lipinski definition) is 0. The van der Waals surface area contributed by atoms with Crippen molar-refractivity contribution in [1.29, 1.82) is 0 Å². The molecule has 0 aliphatic heterocycles. The fourth-order valence-corrected chi connectivity index (χ4v) is 5.45. The van der Waals surface area contributed by atoms with E-state index >= 15 is 0 Å². The molecule has 0 unspecified atom stereocenters. The zero-order valence-electron chi connectivity index (χ0n) is 23.8. The van der Waals surface area contributed by atoms with Crippen LogP contribution in [0.3, 0.4) is 0 Å². The second-order valence-electron chi connectivity index (χ2n) is 10.1. The third kappa shape index (κ3) is 11.6. The number of ether oxygens (including phenoxy) is 2. The summed E-state index contributed by atoms with van der Waals surface area (Å²) < 4.78 is 38.4. The quantitative estimate of drug-likeness (QED) is 0.215. The highest BCUT2D eigenvalue weighted by atomic mass is 32.2. The first-order valence-electron chi connectivity index (χ1n) is 12.2. The minimum atomic E-state index is -3.92. The van der Waals surface area contributed by atoms with Crippen LogP contribution in [0.15, 0.2) is 87.5 Å². The number of esters is 1. The molecular weight excluding hydrogens is 536 g/mol. The fourth-order valence-electron chi connectivity index (χ4n) is 3.37. The highest BCUT2D eigenvalue weighted by Crippen LogP contribution is 2.34. The van der Waals surface area contributed by atoms with Crippen LogP contribution < -0.4 is 14.5 Å². The predicted octanol–water partition coefficient (Wildman–Crippen LogP) is 4.80.